The van der Waals surface area contributed by atoms with Crippen LogP contribution in [-0.4, -0.2) is 60.5 Å². The second kappa shape index (κ2) is 6.57. The molecule has 0 atom stereocenters. The smallest absolute Gasteiger partial charge is 0.320 e. The molecule has 4 nitrogen and oxygen atoms in total. The standard InChI is InChI=1S/C15H23N3O/c1-3-17(13-14-7-5-4-6-8-14)15(19)18-11-9-16(2)10-12-18/h4-8H,3,9-13H2,1-2H3. The Labute approximate surface area is 115 Å². The highest BCUT2D eigenvalue weighted by Gasteiger charge is 2.23. The predicted molar refractivity (Wildman–Crippen MR) is 77.0 cm³/mol. The lowest BCUT2D eigenvalue weighted by atomic mass is 10.2. The molecule has 0 aromatic heterocycles. The van der Waals surface area contributed by atoms with E-state index in [1.165, 1.54) is 5.56 Å². The Kier molecular flexibility index (Phi) is 4.80. The molecule has 0 bridgehead atoms. The molecular formula is C15H23N3O. The van der Waals surface area contributed by atoms with Crippen LogP contribution in [-0.2, 0) is 6.54 Å². The molecule has 0 aliphatic carbocycles. The number of rotatable bonds is 3. The SMILES string of the molecule is CCN(Cc1ccccc1)C(=O)N1CCN(C)CC1. The fourth-order valence-electron chi connectivity index (χ4n) is 2.32. The minimum atomic E-state index is 0.166. The maximum absolute atomic E-state index is 12.5. The maximum Gasteiger partial charge on any atom is 0.320 e. The van der Waals surface area contributed by atoms with Crippen LogP contribution in [0.1, 0.15) is 12.5 Å². The summed E-state index contributed by atoms with van der Waals surface area (Å²) in [7, 11) is 2.10. The molecule has 19 heavy (non-hydrogen) atoms. The Hall–Kier alpha value is -1.55. The van der Waals surface area contributed by atoms with Gasteiger partial charge in [-0.2, -0.15) is 0 Å². The van der Waals surface area contributed by atoms with E-state index in [0.29, 0.717) is 6.54 Å². The molecule has 0 unspecified atom stereocenters. The van der Waals surface area contributed by atoms with Crippen LogP contribution in [0.15, 0.2) is 30.3 Å². The molecule has 0 radical (unpaired) electrons. The van der Waals surface area contributed by atoms with Gasteiger partial charge in [0, 0.05) is 39.3 Å². The summed E-state index contributed by atoms with van der Waals surface area (Å²) in [6.07, 6.45) is 0. The van der Waals surface area contributed by atoms with Crippen molar-refractivity contribution in [3.05, 3.63) is 35.9 Å². The summed E-state index contributed by atoms with van der Waals surface area (Å²) in [6.45, 7) is 7.09. The lowest BCUT2D eigenvalue weighted by molar-refractivity contribution is 0.122. The molecule has 104 valence electrons. The van der Waals surface area contributed by atoms with Gasteiger partial charge in [0.15, 0.2) is 0 Å². The fourth-order valence-corrected chi connectivity index (χ4v) is 2.32. The van der Waals surface area contributed by atoms with Gasteiger partial charge < -0.3 is 14.7 Å². The van der Waals surface area contributed by atoms with Crippen LogP contribution in [0.3, 0.4) is 0 Å². The highest BCUT2D eigenvalue weighted by Crippen LogP contribution is 2.09. The van der Waals surface area contributed by atoms with Crippen molar-refractivity contribution in [2.45, 2.75) is 13.5 Å². The van der Waals surface area contributed by atoms with Crippen molar-refractivity contribution in [3.8, 4) is 0 Å². The number of hydrogen-bond donors (Lipinski definition) is 0. The summed E-state index contributed by atoms with van der Waals surface area (Å²) in [5.41, 5.74) is 1.19. The quantitative estimate of drug-likeness (QED) is 0.830. The second-order valence-corrected chi connectivity index (χ2v) is 5.07. The van der Waals surface area contributed by atoms with Crippen LogP contribution in [0.5, 0.6) is 0 Å². The molecule has 1 saturated heterocycles. The number of piperazine rings is 1. The van der Waals surface area contributed by atoms with Crippen LogP contribution in [0.2, 0.25) is 0 Å². The minimum Gasteiger partial charge on any atom is -0.322 e. The Morgan fingerprint density at radius 3 is 2.37 bits per heavy atom. The first-order valence-electron chi connectivity index (χ1n) is 6.97. The average Bonchev–Trinajstić information content (AvgIpc) is 2.46. The molecule has 1 fully saturated rings. The molecule has 2 amide bonds. The summed E-state index contributed by atoms with van der Waals surface area (Å²) in [5, 5.41) is 0. The van der Waals surface area contributed by atoms with Crippen molar-refractivity contribution in [2.75, 3.05) is 39.8 Å². The molecule has 1 heterocycles. The van der Waals surface area contributed by atoms with Gasteiger partial charge in [-0.25, -0.2) is 4.79 Å². The molecule has 0 spiro atoms. The van der Waals surface area contributed by atoms with Gasteiger partial charge in [-0.05, 0) is 19.5 Å². The largest absolute Gasteiger partial charge is 0.322 e. The first kappa shape index (κ1) is 13.9. The third-order valence-corrected chi connectivity index (χ3v) is 3.64. The Bertz CT molecular complexity index is 399. The summed E-state index contributed by atoms with van der Waals surface area (Å²) < 4.78 is 0. The van der Waals surface area contributed by atoms with Gasteiger partial charge in [-0.3, -0.25) is 0 Å². The minimum absolute atomic E-state index is 0.166. The van der Waals surface area contributed by atoms with Crippen LogP contribution in [0.25, 0.3) is 0 Å². The number of carbonyl (C=O) groups excluding carboxylic acids is 1. The maximum atomic E-state index is 12.5. The average molecular weight is 261 g/mol. The summed E-state index contributed by atoms with van der Waals surface area (Å²) in [6, 6.07) is 10.3. The highest BCUT2D eigenvalue weighted by atomic mass is 16.2. The van der Waals surface area contributed by atoms with Crippen LogP contribution in [0.4, 0.5) is 4.79 Å². The summed E-state index contributed by atoms with van der Waals surface area (Å²) in [5.74, 6) is 0. The van der Waals surface area contributed by atoms with Crippen molar-refractivity contribution in [2.24, 2.45) is 0 Å². The van der Waals surface area contributed by atoms with Crippen LogP contribution in [0, 0.1) is 0 Å². The van der Waals surface area contributed by atoms with Crippen molar-refractivity contribution in [1.82, 2.24) is 14.7 Å². The third kappa shape index (κ3) is 3.70. The van der Waals surface area contributed by atoms with E-state index in [0.717, 1.165) is 32.7 Å². The monoisotopic (exact) mass is 261 g/mol. The molecule has 4 heteroatoms. The topological polar surface area (TPSA) is 26.8 Å². The Balaban J connectivity index is 1.95. The first-order valence-corrected chi connectivity index (χ1v) is 6.97. The van der Waals surface area contributed by atoms with E-state index in [2.05, 4.69) is 24.1 Å². The zero-order valence-electron chi connectivity index (χ0n) is 11.9. The van der Waals surface area contributed by atoms with Crippen molar-refractivity contribution < 1.29 is 4.79 Å². The van der Waals surface area contributed by atoms with E-state index >= 15 is 0 Å². The van der Waals surface area contributed by atoms with E-state index in [1.54, 1.807) is 0 Å². The number of amides is 2. The zero-order valence-corrected chi connectivity index (χ0v) is 11.9. The molecule has 2 rings (SSSR count). The molecule has 1 aromatic carbocycles. The van der Waals surface area contributed by atoms with Gasteiger partial charge in [0.05, 0.1) is 0 Å². The van der Waals surface area contributed by atoms with E-state index in [1.807, 2.05) is 34.9 Å². The number of hydrogen-bond acceptors (Lipinski definition) is 2. The normalized spacial score (nSPS) is 16.4. The fraction of sp³-hybridized carbons (Fsp3) is 0.533. The number of benzene rings is 1. The van der Waals surface area contributed by atoms with Crippen molar-refractivity contribution >= 4 is 6.03 Å². The molecular weight excluding hydrogens is 238 g/mol. The lowest BCUT2D eigenvalue weighted by Gasteiger charge is -2.35. The number of carbonyl (C=O) groups is 1. The van der Waals surface area contributed by atoms with Crippen molar-refractivity contribution in [1.29, 1.82) is 0 Å². The second-order valence-electron chi connectivity index (χ2n) is 5.07. The predicted octanol–water partition coefficient (Wildman–Crippen LogP) is 1.88. The van der Waals surface area contributed by atoms with Crippen molar-refractivity contribution in [3.63, 3.8) is 0 Å². The van der Waals surface area contributed by atoms with Gasteiger partial charge in [-0.1, -0.05) is 30.3 Å². The Morgan fingerprint density at radius 2 is 1.79 bits per heavy atom. The van der Waals surface area contributed by atoms with Gasteiger partial charge in [0.1, 0.15) is 0 Å². The molecule has 1 aliphatic heterocycles. The van der Waals surface area contributed by atoms with E-state index < -0.39 is 0 Å². The van der Waals surface area contributed by atoms with E-state index in [-0.39, 0.29) is 6.03 Å². The van der Waals surface area contributed by atoms with E-state index in [4.69, 9.17) is 0 Å². The number of urea groups is 1. The van der Waals surface area contributed by atoms with E-state index in [9.17, 15) is 4.79 Å². The number of likely N-dealkylation sites (N-methyl/N-ethyl adjacent to an activating group) is 1. The number of nitrogens with zero attached hydrogens (tertiary/aromatic N) is 3. The zero-order chi connectivity index (χ0) is 13.7. The summed E-state index contributed by atoms with van der Waals surface area (Å²) in [4.78, 5) is 18.6. The first-order chi connectivity index (χ1) is 9.20. The lowest BCUT2D eigenvalue weighted by Crippen LogP contribution is -2.51. The van der Waals surface area contributed by atoms with Gasteiger partial charge >= 0.3 is 6.03 Å². The highest BCUT2D eigenvalue weighted by molar-refractivity contribution is 5.74. The van der Waals surface area contributed by atoms with Crippen LogP contribution >= 0.6 is 0 Å². The third-order valence-electron chi connectivity index (χ3n) is 3.64. The van der Waals surface area contributed by atoms with Crippen LogP contribution < -0.4 is 0 Å². The molecule has 1 aliphatic rings. The summed E-state index contributed by atoms with van der Waals surface area (Å²) >= 11 is 0. The molecule has 0 N–H and O–H groups in total. The van der Waals surface area contributed by atoms with Gasteiger partial charge in [0.2, 0.25) is 0 Å². The van der Waals surface area contributed by atoms with Gasteiger partial charge in [0.25, 0.3) is 0 Å². The van der Waals surface area contributed by atoms with Gasteiger partial charge in [-0.15, -0.1) is 0 Å². The Morgan fingerprint density at radius 1 is 1.16 bits per heavy atom. The molecule has 1 aromatic rings. The molecule has 0 saturated carbocycles.